The van der Waals surface area contributed by atoms with Gasteiger partial charge >= 0.3 is 5.97 Å². The van der Waals surface area contributed by atoms with E-state index in [4.69, 9.17) is 16.1 Å². The number of hydrogen-bond donors (Lipinski definition) is 2. The van der Waals surface area contributed by atoms with Crippen LogP contribution in [0.15, 0.2) is 11.3 Å². The van der Waals surface area contributed by atoms with Crippen LogP contribution in [0.5, 0.6) is 0 Å². The molecule has 0 aromatic rings. The number of carbonyl (C=O) groups is 1. The normalized spacial score (nSPS) is 11.6. The summed E-state index contributed by atoms with van der Waals surface area (Å²) in [5, 5.41) is 16.3. The van der Waals surface area contributed by atoms with Gasteiger partial charge in [0.25, 0.3) is 0 Å². The van der Waals surface area contributed by atoms with E-state index in [1.54, 1.807) is 0 Å². The molecule has 4 nitrogen and oxygen atoms in total. The third kappa shape index (κ3) is 1.82. The van der Waals surface area contributed by atoms with Gasteiger partial charge in [0.05, 0.1) is 0 Å². The molecular weight excluding hydrogens is 120 g/mol. The van der Waals surface area contributed by atoms with Crippen molar-refractivity contribution in [2.45, 2.75) is 6.92 Å². The third-order valence-corrected chi connectivity index (χ3v) is 0.720. The Kier molecular flexibility index (Phi) is 2.27. The second-order valence-corrected chi connectivity index (χ2v) is 1.47. The van der Waals surface area contributed by atoms with Crippen molar-refractivity contribution in [3.8, 4) is 6.07 Å². The van der Waals surface area contributed by atoms with Crippen molar-refractivity contribution < 1.29 is 9.90 Å². The number of nitrogens with two attached hydrogens (primary N) is 1. The van der Waals surface area contributed by atoms with Crippen LogP contribution >= 0.6 is 0 Å². The van der Waals surface area contributed by atoms with Crippen molar-refractivity contribution in [1.82, 2.24) is 0 Å². The van der Waals surface area contributed by atoms with Gasteiger partial charge in [-0.25, -0.2) is 4.79 Å². The van der Waals surface area contributed by atoms with Crippen LogP contribution in [0.25, 0.3) is 0 Å². The molecule has 0 bridgehead atoms. The molecule has 0 fully saturated rings. The number of hydrogen-bond acceptors (Lipinski definition) is 3. The first-order chi connectivity index (χ1) is 4.09. The summed E-state index contributed by atoms with van der Waals surface area (Å²) in [5.74, 6) is -1.28. The monoisotopic (exact) mass is 126 g/mol. The lowest BCUT2D eigenvalue weighted by Gasteiger charge is -1.90. The van der Waals surface area contributed by atoms with Crippen LogP contribution in [-0.2, 0) is 4.79 Å². The molecule has 0 saturated heterocycles. The summed E-state index contributed by atoms with van der Waals surface area (Å²) >= 11 is 0. The Morgan fingerprint density at radius 1 is 1.78 bits per heavy atom. The number of rotatable bonds is 1. The van der Waals surface area contributed by atoms with E-state index in [0.717, 1.165) is 0 Å². The second kappa shape index (κ2) is 2.72. The van der Waals surface area contributed by atoms with E-state index in [0.29, 0.717) is 0 Å². The molecule has 4 heteroatoms. The lowest BCUT2D eigenvalue weighted by Crippen LogP contribution is -2.05. The van der Waals surface area contributed by atoms with E-state index >= 15 is 0 Å². The smallest absolute Gasteiger partial charge is 0.348 e. The maximum absolute atomic E-state index is 10.0. The van der Waals surface area contributed by atoms with E-state index in [1.807, 2.05) is 0 Å². The topological polar surface area (TPSA) is 87.1 Å². The summed E-state index contributed by atoms with van der Waals surface area (Å²) in [6.07, 6.45) is 0. The number of nitrogens with zero attached hydrogens (tertiary/aromatic N) is 1. The van der Waals surface area contributed by atoms with Gasteiger partial charge in [0.15, 0.2) is 5.57 Å². The molecule has 9 heavy (non-hydrogen) atoms. The van der Waals surface area contributed by atoms with Gasteiger partial charge in [0.1, 0.15) is 6.07 Å². The van der Waals surface area contributed by atoms with Gasteiger partial charge in [0, 0.05) is 5.70 Å². The fraction of sp³-hybridized carbons (Fsp3) is 0.200. The Bertz CT molecular complexity index is 195. The average molecular weight is 126 g/mol. The first kappa shape index (κ1) is 7.50. The Morgan fingerprint density at radius 2 is 2.22 bits per heavy atom. The minimum Gasteiger partial charge on any atom is -0.477 e. The third-order valence-electron chi connectivity index (χ3n) is 0.720. The zero-order valence-corrected chi connectivity index (χ0v) is 4.88. The Labute approximate surface area is 52.2 Å². The molecule has 0 unspecified atom stereocenters. The van der Waals surface area contributed by atoms with Crippen molar-refractivity contribution in [3.63, 3.8) is 0 Å². The molecule has 0 aromatic carbocycles. The summed E-state index contributed by atoms with van der Waals surface area (Å²) in [5.41, 5.74) is 4.66. The molecule has 0 heterocycles. The predicted octanol–water partition coefficient (Wildman–Crippen LogP) is -0.173. The van der Waals surface area contributed by atoms with Gasteiger partial charge < -0.3 is 10.8 Å². The van der Waals surface area contributed by atoms with Gasteiger partial charge in [-0.05, 0) is 6.92 Å². The molecule has 0 spiro atoms. The highest BCUT2D eigenvalue weighted by atomic mass is 16.4. The average Bonchev–Trinajstić information content (AvgIpc) is 1.64. The van der Waals surface area contributed by atoms with Crippen molar-refractivity contribution in [3.05, 3.63) is 11.3 Å². The maximum atomic E-state index is 10.0. The molecule has 0 amide bonds. The first-order valence-corrected chi connectivity index (χ1v) is 2.19. The number of nitriles is 1. The molecule has 0 aliphatic carbocycles. The van der Waals surface area contributed by atoms with Crippen molar-refractivity contribution in [2.75, 3.05) is 0 Å². The van der Waals surface area contributed by atoms with Crippen molar-refractivity contribution in [2.24, 2.45) is 5.73 Å². The van der Waals surface area contributed by atoms with Crippen LogP contribution in [0.3, 0.4) is 0 Å². The van der Waals surface area contributed by atoms with Crippen LogP contribution < -0.4 is 5.73 Å². The van der Waals surface area contributed by atoms with E-state index < -0.39 is 11.5 Å². The fourth-order valence-corrected chi connectivity index (χ4v) is 0.305. The van der Waals surface area contributed by atoms with Gasteiger partial charge in [0.2, 0.25) is 0 Å². The number of aliphatic carboxylic acids is 1. The molecule has 0 saturated carbocycles. The van der Waals surface area contributed by atoms with Crippen LogP contribution in [0, 0.1) is 11.3 Å². The van der Waals surface area contributed by atoms with Crippen LogP contribution in [-0.4, -0.2) is 11.1 Å². The molecular formula is C5H6N2O2. The minimum absolute atomic E-state index is 0.0324. The minimum atomic E-state index is -1.28. The molecule has 48 valence electrons. The molecule has 0 rings (SSSR count). The first-order valence-electron chi connectivity index (χ1n) is 2.19. The van der Waals surface area contributed by atoms with Gasteiger partial charge in [-0.15, -0.1) is 0 Å². The SMILES string of the molecule is C/C(N)=C(/C#N)C(=O)O. The fourth-order valence-electron chi connectivity index (χ4n) is 0.305. The van der Waals surface area contributed by atoms with Crippen LogP contribution in [0.2, 0.25) is 0 Å². The lowest BCUT2D eigenvalue weighted by atomic mass is 10.2. The molecule has 0 radical (unpaired) electrons. The number of carboxylic acids is 1. The van der Waals surface area contributed by atoms with Crippen molar-refractivity contribution in [1.29, 1.82) is 5.26 Å². The van der Waals surface area contributed by atoms with E-state index in [-0.39, 0.29) is 5.70 Å². The standard InChI is InChI=1S/C5H6N2O2/c1-3(7)4(2-6)5(8)9/h7H2,1H3,(H,8,9)/b4-3+. The molecule has 0 aliphatic rings. The quantitative estimate of drug-likeness (QED) is 0.377. The number of carboxylic acid groups (broad SMARTS) is 1. The zero-order chi connectivity index (χ0) is 7.44. The van der Waals surface area contributed by atoms with Crippen LogP contribution in [0.1, 0.15) is 6.92 Å². The predicted molar refractivity (Wildman–Crippen MR) is 30.1 cm³/mol. The molecule has 0 aromatic heterocycles. The molecule has 3 N–H and O–H groups in total. The van der Waals surface area contributed by atoms with E-state index in [9.17, 15) is 4.79 Å². The largest absolute Gasteiger partial charge is 0.477 e. The lowest BCUT2D eigenvalue weighted by molar-refractivity contribution is -0.132. The van der Waals surface area contributed by atoms with Gasteiger partial charge in [-0.2, -0.15) is 5.26 Å². The Balaban J connectivity index is 4.62. The summed E-state index contributed by atoms with van der Waals surface area (Å²) in [4.78, 5) is 10.0. The Morgan fingerprint density at radius 3 is 2.22 bits per heavy atom. The number of allylic oxidation sites excluding steroid dienone is 1. The maximum Gasteiger partial charge on any atom is 0.348 e. The van der Waals surface area contributed by atoms with Gasteiger partial charge in [-0.1, -0.05) is 0 Å². The second-order valence-electron chi connectivity index (χ2n) is 1.47. The molecule has 0 aliphatic heterocycles. The zero-order valence-electron chi connectivity index (χ0n) is 4.88. The van der Waals surface area contributed by atoms with Crippen LogP contribution in [0.4, 0.5) is 0 Å². The highest BCUT2D eigenvalue weighted by Crippen LogP contribution is 1.94. The summed E-state index contributed by atoms with van der Waals surface area (Å²) in [6.45, 7) is 1.37. The summed E-state index contributed by atoms with van der Waals surface area (Å²) in [6, 6.07) is 1.46. The Hall–Kier alpha value is -1.50. The van der Waals surface area contributed by atoms with Crippen molar-refractivity contribution >= 4 is 5.97 Å². The summed E-state index contributed by atoms with van der Waals surface area (Å²) in [7, 11) is 0. The van der Waals surface area contributed by atoms with E-state index in [1.165, 1.54) is 13.0 Å². The van der Waals surface area contributed by atoms with Gasteiger partial charge in [-0.3, -0.25) is 0 Å². The highest BCUT2D eigenvalue weighted by molar-refractivity contribution is 5.91. The summed E-state index contributed by atoms with van der Waals surface area (Å²) < 4.78 is 0. The van der Waals surface area contributed by atoms with E-state index in [2.05, 4.69) is 0 Å². The highest BCUT2D eigenvalue weighted by Gasteiger charge is 2.06. The molecule has 0 atom stereocenters.